The number of aromatic amines is 1. The van der Waals surface area contributed by atoms with Crippen LogP contribution in [0.5, 0.6) is 5.75 Å². The highest BCUT2D eigenvalue weighted by Crippen LogP contribution is 2.39. The summed E-state index contributed by atoms with van der Waals surface area (Å²) in [6.07, 6.45) is 2.79. The van der Waals surface area contributed by atoms with Crippen molar-refractivity contribution in [2.24, 2.45) is 0 Å². The lowest BCUT2D eigenvalue weighted by Gasteiger charge is -2.06. The molecule has 1 aliphatic carbocycles. The highest BCUT2D eigenvalue weighted by atomic mass is 32.2. The molecule has 30 heavy (non-hydrogen) atoms. The van der Waals surface area contributed by atoms with E-state index in [1.165, 1.54) is 30.2 Å². The third-order valence-corrected chi connectivity index (χ3v) is 6.78. The number of nitrogens with one attached hydrogen (secondary N) is 2. The van der Waals surface area contributed by atoms with Crippen LogP contribution in [0.1, 0.15) is 27.2 Å². The van der Waals surface area contributed by atoms with Gasteiger partial charge in [-0.2, -0.15) is 0 Å². The molecule has 1 aliphatic rings. The minimum atomic E-state index is -0.407. The topological polar surface area (TPSA) is 106 Å². The number of hydrogen-bond acceptors (Lipinski definition) is 8. The van der Waals surface area contributed by atoms with Crippen LogP contribution >= 0.6 is 23.1 Å². The minimum Gasteiger partial charge on any atom is -0.497 e. The first-order valence-electron chi connectivity index (χ1n) is 9.31. The van der Waals surface area contributed by atoms with Gasteiger partial charge in [0.05, 0.1) is 25.5 Å². The van der Waals surface area contributed by atoms with E-state index in [1.807, 2.05) is 24.3 Å². The van der Waals surface area contributed by atoms with Crippen molar-refractivity contribution < 1.29 is 19.1 Å². The Bertz CT molecular complexity index is 1080. The SMILES string of the molecule is COC(=O)c1c(NC(=O)CSc2n[nH]c(-c3ccc(OC)cc3)n2)sc2c1CCC2. The first-order chi connectivity index (χ1) is 14.6. The second kappa shape index (κ2) is 8.88. The molecule has 3 aromatic rings. The molecule has 0 saturated carbocycles. The van der Waals surface area contributed by atoms with Crippen LogP contribution in [-0.4, -0.2) is 47.0 Å². The summed E-state index contributed by atoms with van der Waals surface area (Å²) >= 11 is 2.68. The van der Waals surface area contributed by atoms with Gasteiger partial charge in [0, 0.05) is 10.4 Å². The molecule has 0 fully saturated rings. The molecule has 8 nitrogen and oxygen atoms in total. The Kier molecular flexibility index (Phi) is 6.05. The second-order valence-electron chi connectivity index (χ2n) is 6.58. The molecule has 2 N–H and O–H groups in total. The van der Waals surface area contributed by atoms with Gasteiger partial charge in [0.1, 0.15) is 10.8 Å². The van der Waals surface area contributed by atoms with Crippen LogP contribution < -0.4 is 10.1 Å². The summed E-state index contributed by atoms with van der Waals surface area (Å²) < 4.78 is 10.1. The van der Waals surface area contributed by atoms with Gasteiger partial charge in [0.25, 0.3) is 0 Å². The van der Waals surface area contributed by atoms with Gasteiger partial charge in [0.15, 0.2) is 5.82 Å². The van der Waals surface area contributed by atoms with Crippen molar-refractivity contribution in [1.29, 1.82) is 0 Å². The average Bonchev–Trinajstić information content (AvgIpc) is 3.48. The zero-order valence-corrected chi connectivity index (χ0v) is 18.1. The Morgan fingerprint density at radius 3 is 2.77 bits per heavy atom. The average molecular weight is 445 g/mol. The Hall–Kier alpha value is -2.85. The summed E-state index contributed by atoms with van der Waals surface area (Å²) in [6.45, 7) is 0. The van der Waals surface area contributed by atoms with E-state index in [-0.39, 0.29) is 11.7 Å². The summed E-state index contributed by atoms with van der Waals surface area (Å²) in [6, 6.07) is 7.44. The molecule has 1 amide bonds. The van der Waals surface area contributed by atoms with E-state index < -0.39 is 5.97 Å². The number of thiophene rings is 1. The molecule has 0 aliphatic heterocycles. The number of fused-ring (bicyclic) bond motifs is 1. The molecule has 4 rings (SSSR count). The van der Waals surface area contributed by atoms with Gasteiger partial charge in [0.2, 0.25) is 11.1 Å². The summed E-state index contributed by atoms with van der Waals surface area (Å²) in [4.78, 5) is 30.2. The van der Waals surface area contributed by atoms with Crippen LogP contribution in [0.3, 0.4) is 0 Å². The van der Waals surface area contributed by atoms with Gasteiger partial charge in [-0.25, -0.2) is 9.78 Å². The molecule has 0 radical (unpaired) electrons. The number of aryl methyl sites for hydroxylation is 1. The number of nitrogens with zero attached hydrogens (tertiary/aromatic N) is 2. The van der Waals surface area contributed by atoms with Crippen LogP contribution in [0, 0.1) is 0 Å². The molecule has 2 aromatic heterocycles. The zero-order chi connectivity index (χ0) is 21.1. The van der Waals surface area contributed by atoms with E-state index in [0.29, 0.717) is 21.5 Å². The molecule has 0 unspecified atom stereocenters. The zero-order valence-electron chi connectivity index (χ0n) is 16.5. The monoisotopic (exact) mass is 444 g/mol. The Balaban J connectivity index is 1.39. The summed E-state index contributed by atoms with van der Waals surface area (Å²) in [5.74, 6) is 0.873. The second-order valence-corrected chi connectivity index (χ2v) is 8.63. The van der Waals surface area contributed by atoms with Crippen molar-refractivity contribution in [2.75, 3.05) is 25.3 Å². The molecule has 0 spiro atoms. The highest BCUT2D eigenvalue weighted by Gasteiger charge is 2.28. The molecule has 1 aromatic carbocycles. The number of hydrogen-bond donors (Lipinski definition) is 2. The first-order valence-corrected chi connectivity index (χ1v) is 11.1. The van der Waals surface area contributed by atoms with E-state index in [2.05, 4.69) is 20.5 Å². The van der Waals surface area contributed by atoms with Gasteiger partial charge in [-0.05, 0) is 49.1 Å². The number of rotatable bonds is 7. The van der Waals surface area contributed by atoms with Gasteiger partial charge in [-0.15, -0.1) is 16.4 Å². The van der Waals surface area contributed by atoms with Crippen molar-refractivity contribution in [3.63, 3.8) is 0 Å². The number of aromatic nitrogens is 3. The molecule has 0 atom stereocenters. The number of H-pyrrole nitrogens is 1. The van der Waals surface area contributed by atoms with Gasteiger partial charge in [-0.1, -0.05) is 11.8 Å². The highest BCUT2D eigenvalue weighted by molar-refractivity contribution is 7.99. The number of amides is 1. The van der Waals surface area contributed by atoms with Gasteiger partial charge >= 0.3 is 5.97 Å². The minimum absolute atomic E-state index is 0.128. The van der Waals surface area contributed by atoms with Crippen LogP contribution in [0.15, 0.2) is 29.4 Å². The fourth-order valence-electron chi connectivity index (χ4n) is 3.29. The molecule has 0 bridgehead atoms. The predicted octanol–water partition coefficient (Wildman–Crippen LogP) is 3.55. The fourth-order valence-corrected chi connectivity index (χ4v) is 5.18. The third kappa shape index (κ3) is 4.19. The Morgan fingerprint density at radius 1 is 1.23 bits per heavy atom. The van der Waals surface area contributed by atoms with E-state index in [0.717, 1.165) is 41.0 Å². The molecular formula is C20H20N4O4S2. The lowest BCUT2D eigenvalue weighted by molar-refractivity contribution is -0.113. The fraction of sp³-hybridized carbons (Fsp3) is 0.300. The Labute approximate surface area is 181 Å². The maximum absolute atomic E-state index is 12.5. The van der Waals surface area contributed by atoms with Gasteiger partial charge in [-0.3, -0.25) is 9.89 Å². The lowest BCUT2D eigenvalue weighted by atomic mass is 10.1. The summed E-state index contributed by atoms with van der Waals surface area (Å²) in [5, 5.41) is 10.9. The Morgan fingerprint density at radius 2 is 2.03 bits per heavy atom. The van der Waals surface area contributed by atoms with Crippen LogP contribution in [0.4, 0.5) is 5.00 Å². The predicted molar refractivity (Wildman–Crippen MR) is 115 cm³/mol. The molecule has 0 saturated heterocycles. The maximum Gasteiger partial charge on any atom is 0.341 e. The smallest absolute Gasteiger partial charge is 0.341 e. The van der Waals surface area contributed by atoms with Crippen molar-refractivity contribution in [3.05, 3.63) is 40.3 Å². The van der Waals surface area contributed by atoms with Crippen LogP contribution in [0.2, 0.25) is 0 Å². The summed E-state index contributed by atoms with van der Waals surface area (Å²) in [5.41, 5.74) is 2.37. The maximum atomic E-state index is 12.5. The third-order valence-electron chi connectivity index (χ3n) is 4.72. The van der Waals surface area contributed by atoms with Crippen molar-refractivity contribution >= 4 is 40.0 Å². The van der Waals surface area contributed by atoms with E-state index in [1.54, 1.807) is 7.11 Å². The number of anilines is 1. The van der Waals surface area contributed by atoms with Crippen molar-refractivity contribution in [1.82, 2.24) is 15.2 Å². The standard InChI is InChI=1S/C20H20N4O4S2/c1-27-12-8-6-11(7-9-12)17-22-20(24-23-17)29-10-15(25)21-18-16(19(26)28-2)13-4-3-5-14(13)30-18/h6-9H,3-5,10H2,1-2H3,(H,21,25)(H,22,23,24). The molecule has 2 heterocycles. The van der Waals surface area contributed by atoms with E-state index in [9.17, 15) is 9.59 Å². The van der Waals surface area contributed by atoms with Gasteiger partial charge < -0.3 is 14.8 Å². The van der Waals surface area contributed by atoms with Crippen molar-refractivity contribution in [3.8, 4) is 17.1 Å². The number of esters is 1. The van der Waals surface area contributed by atoms with Crippen molar-refractivity contribution in [2.45, 2.75) is 24.4 Å². The normalized spacial score (nSPS) is 12.5. The number of thioether (sulfide) groups is 1. The summed E-state index contributed by atoms with van der Waals surface area (Å²) in [7, 11) is 2.97. The number of ether oxygens (including phenoxy) is 2. The first kappa shape index (κ1) is 20.4. The quantitative estimate of drug-likeness (QED) is 0.424. The number of carbonyl (C=O) groups is 2. The molecule has 10 heteroatoms. The number of methoxy groups -OCH3 is 2. The lowest BCUT2D eigenvalue weighted by Crippen LogP contribution is -2.16. The molecule has 156 valence electrons. The molecular weight excluding hydrogens is 424 g/mol. The largest absolute Gasteiger partial charge is 0.497 e. The number of benzene rings is 1. The van der Waals surface area contributed by atoms with Crippen LogP contribution in [0.25, 0.3) is 11.4 Å². The number of carbonyl (C=O) groups excluding carboxylic acids is 2. The van der Waals surface area contributed by atoms with Crippen LogP contribution in [-0.2, 0) is 22.4 Å². The van der Waals surface area contributed by atoms with E-state index in [4.69, 9.17) is 9.47 Å². The van der Waals surface area contributed by atoms with E-state index >= 15 is 0 Å².